The number of hydrogen-bond donors (Lipinski definition) is 2. The molecule has 0 bridgehead atoms. The van der Waals surface area contributed by atoms with E-state index in [2.05, 4.69) is 15.5 Å². The van der Waals surface area contributed by atoms with Crippen LogP contribution in [0.5, 0.6) is 0 Å². The standard InChI is InChI=1S/C12H17N5O2/c1-8(12(19)17-6-2-3-7-17)14-10-5-4-9(11(13)18)15-16-10/h4-5,8H,2-3,6-7H2,1H3,(H2,13,18)(H,14,16). The van der Waals surface area contributed by atoms with E-state index in [1.165, 1.54) is 6.07 Å². The van der Waals surface area contributed by atoms with Gasteiger partial charge in [0.05, 0.1) is 0 Å². The van der Waals surface area contributed by atoms with Gasteiger partial charge in [0.2, 0.25) is 5.91 Å². The number of carbonyl (C=O) groups is 2. The molecule has 7 heteroatoms. The third kappa shape index (κ3) is 3.18. The molecule has 1 aliphatic rings. The monoisotopic (exact) mass is 263 g/mol. The van der Waals surface area contributed by atoms with Crippen molar-refractivity contribution in [2.75, 3.05) is 18.4 Å². The normalized spacial score (nSPS) is 16.2. The second-order valence-corrected chi connectivity index (χ2v) is 4.57. The summed E-state index contributed by atoms with van der Waals surface area (Å²) in [6, 6.07) is 2.69. The van der Waals surface area contributed by atoms with Crippen LogP contribution in [0.1, 0.15) is 30.3 Å². The largest absolute Gasteiger partial charge is 0.364 e. The summed E-state index contributed by atoms with van der Waals surface area (Å²) in [6.07, 6.45) is 2.12. The summed E-state index contributed by atoms with van der Waals surface area (Å²) in [6.45, 7) is 3.42. The molecule has 0 radical (unpaired) electrons. The third-order valence-corrected chi connectivity index (χ3v) is 3.07. The quantitative estimate of drug-likeness (QED) is 0.796. The smallest absolute Gasteiger partial charge is 0.269 e. The van der Waals surface area contributed by atoms with Crippen molar-refractivity contribution in [1.29, 1.82) is 0 Å². The summed E-state index contributed by atoms with van der Waals surface area (Å²) in [5.41, 5.74) is 5.17. The summed E-state index contributed by atoms with van der Waals surface area (Å²) >= 11 is 0. The number of aromatic nitrogens is 2. The molecule has 0 saturated carbocycles. The summed E-state index contributed by atoms with van der Waals surface area (Å²) < 4.78 is 0. The van der Waals surface area contributed by atoms with E-state index >= 15 is 0 Å². The Bertz CT molecular complexity index is 468. The Morgan fingerprint density at radius 2 is 2.00 bits per heavy atom. The zero-order valence-electron chi connectivity index (χ0n) is 10.8. The number of primary amides is 1. The highest BCUT2D eigenvalue weighted by atomic mass is 16.2. The molecule has 2 heterocycles. The van der Waals surface area contributed by atoms with Gasteiger partial charge in [-0.3, -0.25) is 9.59 Å². The molecule has 19 heavy (non-hydrogen) atoms. The molecule has 2 amide bonds. The molecule has 1 aliphatic heterocycles. The number of nitrogens with zero attached hydrogens (tertiary/aromatic N) is 3. The van der Waals surface area contributed by atoms with Gasteiger partial charge >= 0.3 is 0 Å². The molecule has 1 fully saturated rings. The van der Waals surface area contributed by atoms with Crippen molar-refractivity contribution in [2.45, 2.75) is 25.8 Å². The molecule has 1 aromatic heterocycles. The molecule has 0 aliphatic carbocycles. The van der Waals surface area contributed by atoms with Crippen LogP contribution in [-0.4, -0.2) is 46.0 Å². The number of hydrogen-bond acceptors (Lipinski definition) is 5. The Hall–Kier alpha value is -2.18. The van der Waals surface area contributed by atoms with Gasteiger partial charge < -0.3 is 16.0 Å². The van der Waals surface area contributed by atoms with Crippen molar-refractivity contribution >= 4 is 17.6 Å². The lowest BCUT2D eigenvalue weighted by atomic mass is 10.3. The molecule has 102 valence electrons. The first-order valence-electron chi connectivity index (χ1n) is 6.27. The van der Waals surface area contributed by atoms with Crippen LogP contribution in [0.2, 0.25) is 0 Å². The van der Waals surface area contributed by atoms with E-state index in [9.17, 15) is 9.59 Å². The number of carbonyl (C=O) groups excluding carboxylic acids is 2. The maximum atomic E-state index is 12.1. The second-order valence-electron chi connectivity index (χ2n) is 4.57. The lowest BCUT2D eigenvalue weighted by Gasteiger charge is -2.21. The Labute approximate surface area is 111 Å². The van der Waals surface area contributed by atoms with Gasteiger partial charge in [-0.1, -0.05) is 0 Å². The molecule has 1 aromatic rings. The van der Waals surface area contributed by atoms with Crippen molar-refractivity contribution in [1.82, 2.24) is 15.1 Å². The Morgan fingerprint density at radius 1 is 1.32 bits per heavy atom. The fraction of sp³-hybridized carbons (Fsp3) is 0.500. The SMILES string of the molecule is CC(Nc1ccc(C(N)=O)nn1)C(=O)N1CCCC1. The molecule has 1 atom stereocenters. The van der Waals surface area contributed by atoms with Crippen molar-refractivity contribution in [2.24, 2.45) is 5.73 Å². The first-order chi connectivity index (χ1) is 9.08. The molecule has 7 nitrogen and oxygen atoms in total. The molecule has 2 rings (SSSR count). The molecular weight excluding hydrogens is 246 g/mol. The van der Waals surface area contributed by atoms with E-state index in [-0.39, 0.29) is 17.6 Å². The fourth-order valence-electron chi connectivity index (χ4n) is 2.04. The Balaban J connectivity index is 1.96. The highest BCUT2D eigenvalue weighted by Crippen LogP contribution is 2.11. The summed E-state index contributed by atoms with van der Waals surface area (Å²) in [5.74, 6) is -0.122. The Kier molecular flexibility index (Phi) is 3.94. The van der Waals surface area contributed by atoms with Crippen LogP contribution in [0.3, 0.4) is 0 Å². The van der Waals surface area contributed by atoms with Crippen LogP contribution in [0, 0.1) is 0 Å². The average Bonchev–Trinajstić information content (AvgIpc) is 2.92. The zero-order valence-corrected chi connectivity index (χ0v) is 10.8. The second kappa shape index (κ2) is 5.64. The first-order valence-corrected chi connectivity index (χ1v) is 6.27. The van der Waals surface area contributed by atoms with E-state index in [0.29, 0.717) is 5.82 Å². The van der Waals surface area contributed by atoms with Gasteiger partial charge in [0.1, 0.15) is 11.9 Å². The van der Waals surface area contributed by atoms with Gasteiger partial charge in [-0.2, -0.15) is 0 Å². The van der Waals surface area contributed by atoms with Crippen LogP contribution >= 0.6 is 0 Å². The van der Waals surface area contributed by atoms with Crippen LogP contribution in [-0.2, 0) is 4.79 Å². The number of likely N-dealkylation sites (tertiary alicyclic amines) is 1. The van der Waals surface area contributed by atoms with Crippen LogP contribution in [0.4, 0.5) is 5.82 Å². The number of anilines is 1. The van der Waals surface area contributed by atoms with Crippen molar-refractivity contribution in [3.8, 4) is 0 Å². The predicted octanol–water partition coefficient (Wildman–Crippen LogP) is -0.00170. The molecule has 0 spiro atoms. The average molecular weight is 263 g/mol. The minimum Gasteiger partial charge on any atom is -0.364 e. The first kappa shape index (κ1) is 13.3. The van der Waals surface area contributed by atoms with Crippen molar-refractivity contribution in [3.63, 3.8) is 0 Å². The van der Waals surface area contributed by atoms with Crippen LogP contribution < -0.4 is 11.1 Å². The number of amides is 2. The summed E-state index contributed by atoms with van der Waals surface area (Å²) in [5, 5.41) is 10.5. The van der Waals surface area contributed by atoms with Crippen LogP contribution in [0.25, 0.3) is 0 Å². The molecule has 3 N–H and O–H groups in total. The van der Waals surface area contributed by atoms with Gasteiger partial charge in [-0.25, -0.2) is 0 Å². The molecular formula is C12H17N5O2. The fourth-order valence-corrected chi connectivity index (χ4v) is 2.04. The Morgan fingerprint density at radius 3 is 2.53 bits per heavy atom. The zero-order chi connectivity index (χ0) is 13.8. The van der Waals surface area contributed by atoms with E-state index < -0.39 is 5.91 Å². The van der Waals surface area contributed by atoms with E-state index in [1.54, 1.807) is 13.0 Å². The molecule has 1 unspecified atom stereocenters. The maximum Gasteiger partial charge on any atom is 0.269 e. The third-order valence-electron chi connectivity index (χ3n) is 3.07. The van der Waals surface area contributed by atoms with E-state index in [1.807, 2.05) is 4.90 Å². The lowest BCUT2D eigenvalue weighted by molar-refractivity contribution is -0.130. The van der Waals surface area contributed by atoms with Gasteiger partial charge in [0.25, 0.3) is 5.91 Å². The summed E-state index contributed by atoms with van der Waals surface area (Å²) in [4.78, 5) is 24.8. The topological polar surface area (TPSA) is 101 Å². The van der Waals surface area contributed by atoms with Gasteiger partial charge in [0, 0.05) is 13.1 Å². The highest BCUT2D eigenvalue weighted by molar-refractivity contribution is 5.90. The van der Waals surface area contributed by atoms with Crippen LogP contribution in [0.15, 0.2) is 12.1 Å². The predicted molar refractivity (Wildman–Crippen MR) is 69.4 cm³/mol. The minimum absolute atomic E-state index is 0.0540. The van der Waals surface area contributed by atoms with Gasteiger partial charge in [0.15, 0.2) is 5.69 Å². The van der Waals surface area contributed by atoms with E-state index in [0.717, 1.165) is 25.9 Å². The lowest BCUT2D eigenvalue weighted by Crippen LogP contribution is -2.39. The van der Waals surface area contributed by atoms with Crippen molar-refractivity contribution < 1.29 is 9.59 Å². The maximum absolute atomic E-state index is 12.1. The molecule has 1 saturated heterocycles. The minimum atomic E-state index is -0.625. The van der Waals surface area contributed by atoms with Gasteiger partial charge in [-0.15, -0.1) is 10.2 Å². The number of rotatable bonds is 4. The molecule has 0 aromatic carbocycles. The highest BCUT2D eigenvalue weighted by Gasteiger charge is 2.23. The van der Waals surface area contributed by atoms with Crippen molar-refractivity contribution in [3.05, 3.63) is 17.8 Å². The number of nitrogens with one attached hydrogen (secondary N) is 1. The van der Waals surface area contributed by atoms with Gasteiger partial charge in [-0.05, 0) is 31.9 Å². The number of nitrogens with two attached hydrogens (primary N) is 1. The summed E-state index contributed by atoms with van der Waals surface area (Å²) in [7, 11) is 0. The van der Waals surface area contributed by atoms with E-state index in [4.69, 9.17) is 5.73 Å².